The molecule has 0 bridgehead atoms. The molecule has 2 rings (SSSR count). The van der Waals surface area contributed by atoms with Crippen LogP contribution >= 0.6 is 0 Å². The summed E-state index contributed by atoms with van der Waals surface area (Å²) in [6, 6.07) is 13.4. The maximum absolute atomic E-state index is 10.3. The largest absolute Gasteiger partial charge is 0.384 e. The second-order valence-electron chi connectivity index (χ2n) is 3.93. The number of aryl methyl sites for hydroxylation is 1. The molecule has 0 unspecified atom stereocenters. The fourth-order valence-corrected chi connectivity index (χ4v) is 1.81. The third-order valence-corrected chi connectivity index (χ3v) is 2.79. The van der Waals surface area contributed by atoms with Gasteiger partial charge in [0.2, 0.25) is 0 Å². The molecule has 88 valence electrons. The molecule has 0 saturated carbocycles. The number of aromatic nitrogens is 1. The highest BCUT2D eigenvalue weighted by molar-refractivity contribution is 5.41. The van der Waals surface area contributed by atoms with Crippen LogP contribution in [0.25, 0.3) is 0 Å². The Morgan fingerprint density at radius 1 is 1.12 bits per heavy atom. The van der Waals surface area contributed by atoms with Gasteiger partial charge in [0.1, 0.15) is 11.9 Å². The predicted octanol–water partition coefficient (Wildman–Crippen LogP) is 2.51. The first-order chi connectivity index (χ1) is 8.22. The Kier molecular flexibility index (Phi) is 3.40. The van der Waals surface area contributed by atoms with E-state index in [-0.39, 0.29) is 0 Å². The standard InChI is InChI=1S/C14H16N2O/c1-10-12(8-9-13(15-2)16-10)14(17)11-6-4-3-5-7-11/h3-9,14,17H,1-2H3,(H,15,16)/t14-/m0/s1. The molecule has 0 fully saturated rings. The van der Waals surface area contributed by atoms with Gasteiger partial charge in [0.15, 0.2) is 0 Å². The van der Waals surface area contributed by atoms with Crippen molar-refractivity contribution in [1.29, 1.82) is 0 Å². The summed E-state index contributed by atoms with van der Waals surface area (Å²) >= 11 is 0. The third-order valence-electron chi connectivity index (χ3n) is 2.79. The van der Waals surface area contributed by atoms with Crippen molar-refractivity contribution < 1.29 is 5.11 Å². The van der Waals surface area contributed by atoms with E-state index >= 15 is 0 Å². The van der Waals surface area contributed by atoms with Crippen molar-refractivity contribution in [3.8, 4) is 0 Å². The first-order valence-electron chi connectivity index (χ1n) is 5.60. The highest BCUT2D eigenvalue weighted by atomic mass is 16.3. The summed E-state index contributed by atoms with van der Waals surface area (Å²) in [4.78, 5) is 4.37. The van der Waals surface area contributed by atoms with Crippen LogP contribution in [0, 0.1) is 6.92 Å². The molecule has 0 radical (unpaired) electrons. The zero-order valence-electron chi connectivity index (χ0n) is 10.0. The third kappa shape index (κ3) is 2.45. The molecule has 0 saturated heterocycles. The number of anilines is 1. The van der Waals surface area contributed by atoms with E-state index < -0.39 is 6.10 Å². The second kappa shape index (κ2) is 4.97. The van der Waals surface area contributed by atoms with E-state index in [0.717, 1.165) is 22.6 Å². The molecule has 0 amide bonds. The van der Waals surface area contributed by atoms with Gasteiger partial charge in [-0.25, -0.2) is 4.98 Å². The minimum absolute atomic E-state index is 0.616. The summed E-state index contributed by atoms with van der Waals surface area (Å²) in [5, 5.41) is 13.3. The summed E-state index contributed by atoms with van der Waals surface area (Å²) in [6.45, 7) is 1.91. The highest BCUT2D eigenvalue weighted by Gasteiger charge is 2.13. The smallest absolute Gasteiger partial charge is 0.125 e. The first kappa shape index (κ1) is 11.6. The Bertz CT molecular complexity index is 497. The van der Waals surface area contributed by atoms with E-state index in [1.165, 1.54) is 0 Å². The van der Waals surface area contributed by atoms with Gasteiger partial charge in [0.05, 0.1) is 0 Å². The lowest BCUT2D eigenvalue weighted by Gasteiger charge is -2.14. The van der Waals surface area contributed by atoms with Crippen LogP contribution in [-0.2, 0) is 0 Å². The number of hydrogen-bond acceptors (Lipinski definition) is 3. The topological polar surface area (TPSA) is 45.1 Å². The van der Waals surface area contributed by atoms with Gasteiger partial charge < -0.3 is 10.4 Å². The normalized spacial score (nSPS) is 12.2. The molecule has 1 aromatic carbocycles. The van der Waals surface area contributed by atoms with Gasteiger partial charge in [-0.15, -0.1) is 0 Å². The molecule has 1 aromatic heterocycles. The van der Waals surface area contributed by atoms with Gasteiger partial charge in [-0.1, -0.05) is 36.4 Å². The molecular weight excluding hydrogens is 212 g/mol. The Morgan fingerprint density at radius 3 is 2.41 bits per heavy atom. The first-order valence-corrected chi connectivity index (χ1v) is 5.60. The van der Waals surface area contributed by atoms with Crippen LogP contribution in [-0.4, -0.2) is 17.1 Å². The lowest BCUT2D eigenvalue weighted by atomic mass is 10.0. The lowest BCUT2D eigenvalue weighted by molar-refractivity contribution is 0.219. The van der Waals surface area contributed by atoms with Crippen LogP contribution in [0.5, 0.6) is 0 Å². The predicted molar refractivity (Wildman–Crippen MR) is 69.0 cm³/mol. The van der Waals surface area contributed by atoms with Crippen LogP contribution in [0.4, 0.5) is 5.82 Å². The van der Waals surface area contributed by atoms with Gasteiger partial charge in [0, 0.05) is 18.3 Å². The maximum Gasteiger partial charge on any atom is 0.125 e. The summed E-state index contributed by atoms with van der Waals surface area (Å²) in [5.74, 6) is 0.812. The van der Waals surface area contributed by atoms with Crippen molar-refractivity contribution in [2.24, 2.45) is 0 Å². The van der Waals surface area contributed by atoms with Crippen LogP contribution in [0.2, 0.25) is 0 Å². The van der Waals surface area contributed by atoms with Crippen LogP contribution in [0.1, 0.15) is 22.9 Å². The molecule has 0 aliphatic heterocycles. The SMILES string of the molecule is CNc1ccc([C@@H](O)c2ccccc2)c(C)n1. The Labute approximate surface area is 101 Å². The van der Waals surface area contributed by atoms with Crippen LogP contribution in [0.3, 0.4) is 0 Å². The van der Waals surface area contributed by atoms with Crippen molar-refractivity contribution in [2.45, 2.75) is 13.0 Å². The lowest BCUT2D eigenvalue weighted by Crippen LogP contribution is -2.04. The van der Waals surface area contributed by atoms with Crippen LogP contribution in [0.15, 0.2) is 42.5 Å². The van der Waals surface area contributed by atoms with E-state index in [1.54, 1.807) is 0 Å². The van der Waals surface area contributed by atoms with Gasteiger partial charge in [0.25, 0.3) is 0 Å². The number of aliphatic hydroxyl groups excluding tert-OH is 1. The zero-order valence-corrected chi connectivity index (χ0v) is 10.0. The van der Waals surface area contributed by atoms with E-state index in [0.29, 0.717) is 0 Å². The van der Waals surface area contributed by atoms with Gasteiger partial charge in [-0.3, -0.25) is 0 Å². The van der Waals surface area contributed by atoms with E-state index in [9.17, 15) is 5.11 Å². The minimum atomic E-state index is -0.616. The molecule has 0 aliphatic rings. The highest BCUT2D eigenvalue weighted by Crippen LogP contribution is 2.24. The van der Waals surface area contributed by atoms with Gasteiger partial charge >= 0.3 is 0 Å². The van der Waals surface area contributed by atoms with Crippen molar-refractivity contribution >= 4 is 5.82 Å². The number of nitrogens with one attached hydrogen (secondary N) is 1. The molecular formula is C14H16N2O. The molecule has 2 aromatic rings. The maximum atomic E-state index is 10.3. The van der Waals surface area contributed by atoms with E-state index in [1.807, 2.05) is 56.4 Å². The Morgan fingerprint density at radius 2 is 1.82 bits per heavy atom. The van der Waals surface area contributed by atoms with Gasteiger partial charge in [-0.2, -0.15) is 0 Å². The number of aliphatic hydroxyl groups is 1. The average molecular weight is 228 g/mol. The second-order valence-corrected chi connectivity index (χ2v) is 3.93. The fraction of sp³-hybridized carbons (Fsp3) is 0.214. The van der Waals surface area contributed by atoms with Crippen molar-refractivity contribution in [2.75, 3.05) is 12.4 Å². The van der Waals surface area contributed by atoms with Crippen molar-refractivity contribution in [3.63, 3.8) is 0 Å². The fourth-order valence-electron chi connectivity index (χ4n) is 1.81. The number of benzene rings is 1. The van der Waals surface area contributed by atoms with Crippen LogP contribution < -0.4 is 5.32 Å². The number of hydrogen-bond donors (Lipinski definition) is 2. The number of nitrogens with zero attached hydrogens (tertiary/aromatic N) is 1. The monoisotopic (exact) mass is 228 g/mol. The number of pyridine rings is 1. The van der Waals surface area contributed by atoms with E-state index in [2.05, 4.69) is 10.3 Å². The summed E-state index contributed by atoms with van der Waals surface area (Å²) < 4.78 is 0. The zero-order chi connectivity index (χ0) is 12.3. The molecule has 17 heavy (non-hydrogen) atoms. The Hall–Kier alpha value is -1.87. The summed E-state index contributed by atoms with van der Waals surface area (Å²) in [7, 11) is 1.83. The average Bonchev–Trinajstić information content (AvgIpc) is 2.39. The molecule has 0 aliphatic carbocycles. The van der Waals surface area contributed by atoms with Crippen molar-refractivity contribution in [3.05, 3.63) is 59.3 Å². The molecule has 3 heteroatoms. The quantitative estimate of drug-likeness (QED) is 0.848. The van der Waals surface area contributed by atoms with E-state index in [4.69, 9.17) is 0 Å². The number of rotatable bonds is 3. The molecule has 3 nitrogen and oxygen atoms in total. The summed E-state index contributed by atoms with van der Waals surface area (Å²) in [6.07, 6.45) is -0.616. The molecule has 0 spiro atoms. The van der Waals surface area contributed by atoms with Crippen molar-refractivity contribution in [1.82, 2.24) is 4.98 Å². The molecule has 1 atom stereocenters. The molecule has 2 N–H and O–H groups in total. The minimum Gasteiger partial charge on any atom is -0.384 e. The molecule has 1 heterocycles. The summed E-state index contributed by atoms with van der Waals surface area (Å²) in [5.41, 5.74) is 2.57. The van der Waals surface area contributed by atoms with Gasteiger partial charge in [-0.05, 0) is 18.6 Å². The Balaban J connectivity index is 2.34.